The lowest BCUT2D eigenvalue weighted by Gasteiger charge is -2.35. The summed E-state index contributed by atoms with van der Waals surface area (Å²) in [6, 6.07) is 8.34. The Balaban J connectivity index is 1.84. The van der Waals surface area contributed by atoms with E-state index < -0.39 is 17.5 Å². The van der Waals surface area contributed by atoms with Crippen molar-refractivity contribution < 1.29 is 13.6 Å². The highest BCUT2D eigenvalue weighted by molar-refractivity contribution is 6.31. The van der Waals surface area contributed by atoms with E-state index in [0.717, 1.165) is 44.0 Å². The number of anilines is 2. The van der Waals surface area contributed by atoms with Crippen molar-refractivity contribution in [2.45, 2.75) is 0 Å². The van der Waals surface area contributed by atoms with Crippen molar-refractivity contribution in [1.82, 2.24) is 4.90 Å². The predicted octanol–water partition coefficient (Wildman–Crippen LogP) is 3.62. The molecule has 25 heavy (non-hydrogen) atoms. The first kappa shape index (κ1) is 17.6. The largest absolute Gasteiger partial charge is 0.367 e. The number of piperazine rings is 1. The molecule has 0 atom stereocenters. The minimum Gasteiger partial charge on any atom is -0.367 e. The number of halogens is 3. The summed E-state index contributed by atoms with van der Waals surface area (Å²) in [7, 11) is 2.06. The summed E-state index contributed by atoms with van der Waals surface area (Å²) < 4.78 is 26.4. The molecule has 2 aromatic carbocycles. The normalized spacial score (nSPS) is 15.3. The second kappa shape index (κ2) is 7.37. The molecule has 2 aromatic rings. The third-order valence-corrected chi connectivity index (χ3v) is 4.47. The fourth-order valence-electron chi connectivity index (χ4n) is 2.76. The van der Waals surface area contributed by atoms with Gasteiger partial charge in [0.05, 0.1) is 11.4 Å². The monoisotopic (exact) mass is 365 g/mol. The fraction of sp³-hybridized carbons (Fsp3) is 0.278. The van der Waals surface area contributed by atoms with Crippen LogP contribution >= 0.6 is 11.6 Å². The lowest BCUT2D eigenvalue weighted by Crippen LogP contribution is -2.44. The van der Waals surface area contributed by atoms with Crippen LogP contribution in [0.1, 0.15) is 10.4 Å². The number of likely N-dealkylation sites (N-methyl/N-ethyl adjacent to an activating group) is 1. The highest BCUT2D eigenvalue weighted by atomic mass is 35.5. The smallest absolute Gasteiger partial charge is 0.255 e. The molecule has 4 nitrogen and oxygen atoms in total. The molecular weight excluding hydrogens is 348 g/mol. The van der Waals surface area contributed by atoms with E-state index in [2.05, 4.69) is 22.2 Å². The van der Waals surface area contributed by atoms with Crippen LogP contribution in [0.2, 0.25) is 5.02 Å². The zero-order valence-electron chi connectivity index (χ0n) is 13.7. The lowest BCUT2D eigenvalue weighted by atomic mass is 10.1. The first-order valence-corrected chi connectivity index (χ1v) is 8.31. The molecule has 0 radical (unpaired) electrons. The van der Waals surface area contributed by atoms with Gasteiger partial charge in [-0.15, -0.1) is 0 Å². The number of carbonyl (C=O) groups is 1. The fourth-order valence-corrected chi connectivity index (χ4v) is 2.94. The maximum atomic E-state index is 13.4. The van der Waals surface area contributed by atoms with Crippen LogP contribution in [0.4, 0.5) is 20.2 Å². The number of nitrogens with zero attached hydrogens (tertiary/aromatic N) is 2. The molecular formula is C18H18ClF2N3O. The second-order valence-electron chi connectivity index (χ2n) is 6.03. The summed E-state index contributed by atoms with van der Waals surface area (Å²) in [5, 5.41) is 3.24. The lowest BCUT2D eigenvalue weighted by molar-refractivity contribution is 0.102. The van der Waals surface area contributed by atoms with Gasteiger partial charge in [-0.05, 0) is 43.4 Å². The van der Waals surface area contributed by atoms with Crippen LogP contribution in [-0.4, -0.2) is 44.0 Å². The summed E-state index contributed by atoms with van der Waals surface area (Å²) in [6.45, 7) is 3.48. The first-order valence-electron chi connectivity index (χ1n) is 7.93. The maximum Gasteiger partial charge on any atom is 0.255 e. The Morgan fingerprint density at radius 1 is 1.04 bits per heavy atom. The van der Waals surface area contributed by atoms with Crippen molar-refractivity contribution in [2.75, 3.05) is 43.4 Å². The Morgan fingerprint density at radius 2 is 1.76 bits per heavy atom. The topological polar surface area (TPSA) is 35.6 Å². The van der Waals surface area contributed by atoms with E-state index >= 15 is 0 Å². The van der Waals surface area contributed by atoms with E-state index in [9.17, 15) is 13.6 Å². The summed E-state index contributed by atoms with van der Waals surface area (Å²) in [5.41, 5.74) is 1.45. The third-order valence-electron chi connectivity index (χ3n) is 4.23. The van der Waals surface area contributed by atoms with Crippen LogP contribution < -0.4 is 10.2 Å². The average Bonchev–Trinajstić information content (AvgIpc) is 2.58. The van der Waals surface area contributed by atoms with Gasteiger partial charge >= 0.3 is 0 Å². The summed E-state index contributed by atoms with van der Waals surface area (Å²) in [5.74, 6) is -2.56. The summed E-state index contributed by atoms with van der Waals surface area (Å²) in [4.78, 5) is 16.8. The SMILES string of the molecule is CN1CCN(c2ccc(Cl)cc2NC(=O)c2ccc(F)c(F)c2)CC1. The standard InChI is InChI=1S/C18H18ClF2N3O/c1-23-6-8-24(9-7-23)17-5-3-13(19)11-16(17)22-18(25)12-2-4-14(20)15(21)10-12/h2-5,10-11H,6-9H2,1H3,(H,22,25). The number of hydrogen-bond acceptors (Lipinski definition) is 3. The summed E-state index contributed by atoms with van der Waals surface area (Å²) >= 11 is 6.07. The Morgan fingerprint density at radius 3 is 2.44 bits per heavy atom. The zero-order valence-corrected chi connectivity index (χ0v) is 14.5. The van der Waals surface area contributed by atoms with E-state index in [4.69, 9.17) is 11.6 Å². The molecule has 0 spiro atoms. The molecule has 1 aliphatic heterocycles. The van der Waals surface area contributed by atoms with Crippen molar-refractivity contribution >= 4 is 28.9 Å². The van der Waals surface area contributed by atoms with Gasteiger partial charge in [-0.25, -0.2) is 8.78 Å². The van der Waals surface area contributed by atoms with Gasteiger partial charge in [0.2, 0.25) is 0 Å². The molecule has 0 unspecified atom stereocenters. The number of nitrogens with one attached hydrogen (secondary N) is 1. The molecule has 1 saturated heterocycles. The van der Waals surface area contributed by atoms with Gasteiger partial charge in [0.1, 0.15) is 0 Å². The molecule has 0 aromatic heterocycles. The number of carbonyl (C=O) groups excluding carboxylic acids is 1. The number of benzene rings is 2. The van der Waals surface area contributed by atoms with Crippen molar-refractivity contribution in [3.8, 4) is 0 Å². The highest BCUT2D eigenvalue weighted by Gasteiger charge is 2.19. The van der Waals surface area contributed by atoms with E-state index in [-0.39, 0.29) is 5.56 Å². The quantitative estimate of drug-likeness (QED) is 0.902. The molecule has 1 fully saturated rings. The molecule has 0 saturated carbocycles. The van der Waals surface area contributed by atoms with E-state index in [1.165, 1.54) is 6.07 Å². The number of hydrogen-bond donors (Lipinski definition) is 1. The van der Waals surface area contributed by atoms with Gasteiger partial charge in [-0.2, -0.15) is 0 Å². The van der Waals surface area contributed by atoms with E-state index in [0.29, 0.717) is 10.7 Å². The van der Waals surface area contributed by atoms with Crippen LogP contribution in [0.25, 0.3) is 0 Å². The molecule has 0 bridgehead atoms. The molecule has 1 aliphatic rings. The average molecular weight is 366 g/mol. The van der Waals surface area contributed by atoms with Crippen LogP contribution in [0.3, 0.4) is 0 Å². The zero-order chi connectivity index (χ0) is 18.0. The van der Waals surface area contributed by atoms with Crippen molar-refractivity contribution in [3.05, 3.63) is 58.6 Å². The molecule has 1 N–H and O–H groups in total. The molecule has 1 heterocycles. The van der Waals surface area contributed by atoms with Gasteiger partial charge in [0, 0.05) is 36.8 Å². The highest BCUT2D eigenvalue weighted by Crippen LogP contribution is 2.30. The van der Waals surface area contributed by atoms with Crippen molar-refractivity contribution in [2.24, 2.45) is 0 Å². The molecule has 3 rings (SSSR count). The number of rotatable bonds is 3. The van der Waals surface area contributed by atoms with Gasteiger partial charge in [0.15, 0.2) is 11.6 Å². The maximum absolute atomic E-state index is 13.4. The first-order chi connectivity index (χ1) is 11.9. The molecule has 1 amide bonds. The van der Waals surface area contributed by atoms with Crippen LogP contribution in [0.15, 0.2) is 36.4 Å². The predicted molar refractivity (Wildman–Crippen MR) is 95.5 cm³/mol. The Bertz CT molecular complexity index is 792. The van der Waals surface area contributed by atoms with Gasteiger partial charge < -0.3 is 15.1 Å². The van der Waals surface area contributed by atoms with E-state index in [1.807, 2.05) is 6.07 Å². The molecule has 132 valence electrons. The van der Waals surface area contributed by atoms with Crippen LogP contribution in [0, 0.1) is 11.6 Å². The van der Waals surface area contributed by atoms with Gasteiger partial charge in [-0.1, -0.05) is 11.6 Å². The number of amides is 1. The Hall–Kier alpha value is -2.18. The van der Waals surface area contributed by atoms with Crippen molar-refractivity contribution in [1.29, 1.82) is 0 Å². The third kappa shape index (κ3) is 4.08. The van der Waals surface area contributed by atoms with Crippen LogP contribution in [0.5, 0.6) is 0 Å². The minimum atomic E-state index is -1.06. The van der Waals surface area contributed by atoms with Crippen LogP contribution in [-0.2, 0) is 0 Å². The molecule has 0 aliphatic carbocycles. The Labute approximate surface area is 150 Å². The minimum absolute atomic E-state index is 0.0446. The molecule has 7 heteroatoms. The summed E-state index contributed by atoms with van der Waals surface area (Å²) in [6.07, 6.45) is 0. The van der Waals surface area contributed by atoms with Gasteiger partial charge in [0.25, 0.3) is 5.91 Å². The second-order valence-corrected chi connectivity index (χ2v) is 6.47. The van der Waals surface area contributed by atoms with E-state index in [1.54, 1.807) is 12.1 Å². The Kier molecular flexibility index (Phi) is 5.20. The van der Waals surface area contributed by atoms with Crippen molar-refractivity contribution in [3.63, 3.8) is 0 Å². The van der Waals surface area contributed by atoms with Gasteiger partial charge in [-0.3, -0.25) is 4.79 Å².